The van der Waals surface area contributed by atoms with Crippen LogP contribution in [-0.4, -0.2) is 119 Å². The first-order chi connectivity index (χ1) is 13.3. The first-order valence-electron chi connectivity index (χ1n) is 10.0. The zero-order valence-electron chi connectivity index (χ0n) is 17.1. The quantitative estimate of drug-likeness (QED) is 0.445. The van der Waals surface area contributed by atoms with E-state index in [9.17, 15) is 18.0 Å². The van der Waals surface area contributed by atoms with E-state index in [1.165, 1.54) is 0 Å². The van der Waals surface area contributed by atoms with Gasteiger partial charge in [-0.05, 0) is 19.8 Å². The third kappa shape index (κ3) is 7.31. The molecular weight excluding hydrogens is 384 g/mol. The molecule has 10 heteroatoms. The molecule has 0 aliphatic carbocycles. The van der Waals surface area contributed by atoms with E-state index in [1.54, 1.807) is 12.0 Å². The molecule has 2 rings (SSSR count). The molecule has 0 spiro atoms. The molecule has 2 aliphatic heterocycles. The summed E-state index contributed by atoms with van der Waals surface area (Å²) >= 11 is 0. The van der Waals surface area contributed by atoms with Crippen LogP contribution in [0.2, 0.25) is 0 Å². The third-order valence-corrected chi connectivity index (χ3v) is 7.10. The minimum atomic E-state index is -3.01. The molecule has 162 valence electrons. The zero-order chi connectivity index (χ0) is 20.6. The van der Waals surface area contributed by atoms with Crippen molar-refractivity contribution in [2.75, 3.05) is 77.6 Å². The third-order valence-electron chi connectivity index (χ3n) is 5.35. The number of methoxy groups -OCH3 is 1. The molecule has 0 radical (unpaired) electrons. The van der Waals surface area contributed by atoms with Crippen LogP contribution >= 0.6 is 0 Å². The Bertz CT molecular complexity index is 619. The summed E-state index contributed by atoms with van der Waals surface area (Å²) in [5, 5.41) is 2.88. The van der Waals surface area contributed by atoms with E-state index in [0.29, 0.717) is 39.2 Å². The Labute approximate surface area is 168 Å². The summed E-state index contributed by atoms with van der Waals surface area (Å²) in [5.41, 5.74) is 0. The molecule has 9 nitrogen and oxygen atoms in total. The SMILES string of the molecule is CCN(C(=O)CN1CCN(CC(=O)NCCCOC)CC1)C1CCS(=O)(=O)C1. The Hall–Kier alpha value is -1.23. The maximum atomic E-state index is 12.7. The summed E-state index contributed by atoms with van der Waals surface area (Å²) in [6.07, 6.45) is 1.34. The maximum absolute atomic E-state index is 12.7. The molecule has 28 heavy (non-hydrogen) atoms. The molecule has 2 saturated heterocycles. The molecule has 0 aromatic heterocycles. The van der Waals surface area contributed by atoms with Crippen LogP contribution in [-0.2, 0) is 24.2 Å². The van der Waals surface area contributed by atoms with Gasteiger partial charge in [0.15, 0.2) is 9.84 Å². The van der Waals surface area contributed by atoms with Gasteiger partial charge in [0.1, 0.15) is 0 Å². The predicted octanol–water partition coefficient (Wildman–Crippen LogP) is -1.21. The summed E-state index contributed by atoms with van der Waals surface area (Å²) in [6, 6.07) is -0.189. The lowest BCUT2D eigenvalue weighted by atomic mass is 10.2. The van der Waals surface area contributed by atoms with Crippen LogP contribution < -0.4 is 5.32 Å². The van der Waals surface area contributed by atoms with Crippen LogP contribution in [0.1, 0.15) is 19.8 Å². The molecule has 0 saturated carbocycles. The number of ether oxygens (including phenoxy) is 1. The number of hydrogen-bond donors (Lipinski definition) is 1. The summed E-state index contributed by atoms with van der Waals surface area (Å²) in [6.45, 7) is 7.28. The van der Waals surface area contributed by atoms with Crippen molar-refractivity contribution in [2.24, 2.45) is 0 Å². The number of likely N-dealkylation sites (N-methyl/N-ethyl adjacent to an activating group) is 1. The number of piperazine rings is 1. The number of hydrogen-bond acceptors (Lipinski definition) is 7. The number of carbonyl (C=O) groups is 2. The van der Waals surface area contributed by atoms with E-state index >= 15 is 0 Å². The van der Waals surface area contributed by atoms with Gasteiger partial charge >= 0.3 is 0 Å². The summed E-state index contributed by atoms with van der Waals surface area (Å²) < 4.78 is 28.4. The lowest BCUT2D eigenvalue weighted by molar-refractivity contribution is -0.134. The van der Waals surface area contributed by atoms with Crippen LogP contribution in [0.4, 0.5) is 0 Å². The van der Waals surface area contributed by atoms with E-state index in [4.69, 9.17) is 4.74 Å². The van der Waals surface area contributed by atoms with Gasteiger partial charge in [0, 0.05) is 59.0 Å². The van der Waals surface area contributed by atoms with Gasteiger partial charge in [-0.1, -0.05) is 0 Å². The van der Waals surface area contributed by atoms with Gasteiger partial charge in [-0.15, -0.1) is 0 Å². The number of nitrogens with one attached hydrogen (secondary N) is 1. The van der Waals surface area contributed by atoms with Gasteiger partial charge in [-0.3, -0.25) is 19.4 Å². The zero-order valence-corrected chi connectivity index (χ0v) is 17.9. The number of amides is 2. The van der Waals surface area contributed by atoms with Gasteiger partial charge < -0.3 is 15.0 Å². The fourth-order valence-electron chi connectivity index (χ4n) is 3.75. The largest absolute Gasteiger partial charge is 0.385 e. The lowest BCUT2D eigenvalue weighted by Crippen LogP contribution is -2.53. The molecule has 2 heterocycles. The topological polar surface area (TPSA) is 99.3 Å². The minimum Gasteiger partial charge on any atom is -0.385 e. The second-order valence-corrected chi connectivity index (χ2v) is 9.71. The fourth-order valence-corrected chi connectivity index (χ4v) is 5.48. The second-order valence-electron chi connectivity index (χ2n) is 7.49. The second kappa shape index (κ2) is 11.1. The van der Waals surface area contributed by atoms with Crippen molar-refractivity contribution in [3.63, 3.8) is 0 Å². The summed E-state index contributed by atoms with van der Waals surface area (Å²) in [4.78, 5) is 30.5. The number of nitrogens with zero attached hydrogens (tertiary/aromatic N) is 3. The van der Waals surface area contributed by atoms with E-state index in [1.807, 2.05) is 6.92 Å². The smallest absolute Gasteiger partial charge is 0.237 e. The van der Waals surface area contributed by atoms with Gasteiger partial charge in [-0.25, -0.2) is 8.42 Å². The molecule has 2 aliphatic rings. The number of sulfone groups is 1. The number of rotatable bonds is 10. The van der Waals surface area contributed by atoms with Gasteiger partial charge in [0.25, 0.3) is 0 Å². The van der Waals surface area contributed by atoms with Crippen molar-refractivity contribution >= 4 is 21.7 Å². The predicted molar refractivity (Wildman–Crippen MR) is 107 cm³/mol. The van der Waals surface area contributed by atoms with Crippen molar-refractivity contribution in [3.05, 3.63) is 0 Å². The highest BCUT2D eigenvalue weighted by Crippen LogP contribution is 2.18. The summed E-state index contributed by atoms with van der Waals surface area (Å²) in [7, 11) is -1.36. The Morgan fingerprint density at radius 2 is 1.79 bits per heavy atom. The molecule has 2 amide bonds. The van der Waals surface area contributed by atoms with Crippen LogP contribution in [0.15, 0.2) is 0 Å². The van der Waals surface area contributed by atoms with Crippen molar-refractivity contribution in [3.8, 4) is 0 Å². The maximum Gasteiger partial charge on any atom is 0.237 e. The molecule has 0 bridgehead atoms. The van der Waals surface area contributed by atoms with E-state index in [0.717, 1.165) is 32.6 Å². The molecular formula is C18H34N4O5S. The lowest BCUT2D eigenvalue weighted by Gasteiger charge is -2.35. The monoisotopic (exact) mass is 418 g/mol. The van der Waals surface area contributed by atoms with E-state index in [2.05, 4.69) is 15.1 Å². The average molecular weight is 419 g/mol. The molecule has 0 aromatic carbocycles. The first-order valence-corrected chi connectivity index (χ1v) is 11.9. The van der Waals surface area contributed by atoms with Crippen molar-refractivity contribution in [2.45, 2.75) is 25.8 Å². The summed E-state index contributed by atoms with van der Waals surface area (Å²) in [5.74, 6) is 0.266. The van der Waals surface area contributed by atoms with E-state index in [-0.39, 0.29) is 29.4 Å². The first kappa shape index (κ1) is 23.1. The van der Waals surface area contributed by atoms with Crippen molar-refractivity contribution < 1.29 is 22.7 Å². The molecule has 0 aromatic rings. The number of carbonyl (C=O) groups excluding carboxylic acids is 2. The fraction of sp³-hybridized carbons (Fsp3) is 0.889. The van der Waals surface area contributed by atoms with Crippen molar-refractivity contribution in [1.82, 2.24) is 20.0 Å². The van der Waals surface area contributed by atoms with Crippen LogP contribution in [0, 0.1) is 0 Å². The van der Waals surface area contributed by atoms with Gasteiger partial charge in [0.2, 0.25) is 11.8 Å². The average Bonchev–Trinajstić information content (AvgIpc) is 3.00. The molecule has 2 fully saturated rings. The minimum absolute atomic E-state index is 0.00561. The Morgan fingerprint density at radius 1 is 1.14 bits per heavy atom. The van der Waals surface area contributed by atoms with Crippen LogP contribution in [0.5, 0.6) is 0 Å². The highest BCUT2D eigenvalue weighted by Gasteiger charge is 2.34. The highest BCUT2D eigenvalue weighted by atomic mass is 32.2. The standard InChI is InChI=1S/C18H34N4O5S/c1-3-22(16-5-12-28(25,26)15-16)18(24)14-21-9-7-20(8-10-21)13-17(23)19-6-4-11-27-2/h16H,3-15H2,1-2H3,(H,19,23). The Morgan fingerprint density at radius 3 is 2.32 bits per heavy atom. The van der Waals surface area contributed by atoms with Crippen LogP contribution in [0.25, 0.3) is 0 Å². The van der Waals surface area contributed by atoms with Gasteiger partial charge in [-0.2, -0.15) is 0 Å². The normalized spacial score (nSPS) is 22.9. The molecule has 1 atom stereocenters. The highest BCUT2D eigenvalue weighted by molar-refractivity contribution is 7.91. The van der Waals surface area contributed by atoms with Crippen LogP contribution in [0.3, 0.4) is 0 Å². The molecule has 1 unspecified atom stereocenters. The molecule has 1 N–H and O–H groups in total. The van der Waals surface area contributed by atoms with Gasteiger partial charge in [0.05, 0.1) is 24.6 Å². The Balaban J connectivity index is 1.70. The Kier molecular flexibility index (Phi) is 9.13. The van der Waals surface area contributed by atoms with Crippen molar-refractivity contribution in [1.29, 1.82) is 0 Å². The van der Waals surface area contributed by atoms with E-state index < -0.39 is 9.84 Å².